The van der Waals surface area contributed by atoms with E-state index >= 15 is 0 Å². The van der Waals surface area contributed by atoms with E-state index in [0.717, 1.165) is 5.56 Å². The minimum absolute atomic E-state index is 0.132. The van der Waals surface area contributed by atoms with Crippen molar-refractivity contribution in [2.45, 2.75) is 6.42 Å². The number of hydrogen-bond acceptors (Lipinski definition) is 3. The Bertz CT molecular complexity index is 614. The first kappa shape index (κ1) is 13.2. The van der Waals surface area contributed by atoms with Gasteiger partial charge in [0.15, 0.2) is 0 Å². The van der Waals surface area contributed by atoms with Crippen molar-refractivity contribution in [2.24, 2.45) is 0 Å². The number of rotatable bonds is 3. The lowest BCUT2D eigenvalue weighted by Gasteiger charge is -2.08. The summed E-state index contributed by atoms with van der Waals surface area (Å²) in [6, 6.07) is 11.4. The van der Waals surface area contributed by atoms with Crippen molar-refractivity contribution in [3.63, 3.8) is 0 Å². The molecule has 5 heteroatoms. The van der Waals surface area contributed by atoms with Gasteiger partial charge in [-0.05, 0) is 35.9 Å². The zero-order valence-corrected chi connectivity index (χ0v) is 10.8. The number of benzene rings is 2. The summed E-state index contributed by atoms with van der Waals surface area (Å²) in [6.07, 6.45) is 0.152. The second kappa shape index (κ2) is 5.63. The van der Waals surface area contributed by atoms with E-state index in [2.05, 4.69) is 5.32 Å². The SMILES string of the molecule is Nc1ccc(Cl)c(NC(=O)Cc2cccc(O)c2)c1. The molecule has 2 aromatic carbocycles. The highest BCUT2D eigenvalue weighted by Crippen LogP contribution is 2.24. The molecule has 0 saturated carbocycles. The van der Waals surface area contributed by atoms with Gasteiger partial charge in [0.25, 0.3) is 0 Å². The van der Waals surface area contributed by atoms with Crippen molar-refractivity contribution in [1.29, 1.82) is 0 Å². The van der Waals surface area contributed by atoms with Crippen molar-refractivity contribution < 1.29 is 9.90 Å². The number of nitrogen functional groups attached to an aromatic ring is 1. The molecule has 0 aliphatic rings. The third-order valence-corrected chi connectivity index (χ3v) is 2.87. The average molecular weight is 277 g/mol. The number of nitrogens with one attached hydrogen (secondary N) is 1. The zero-order chi connectivity index (χ0) is 13.8. The van der Waals surface area contributed by atoms with Gasteiger partial charge in [-0.1, -0.05) is 23.7 Å². The fourth-order valence-electron chi connectivity index (χ4n) is 1.68. The molecular weight excluding hydrogens is 264 g/mol. The van der Waals surface area contributed by atoms with E-state index in [4.69, 9.17) is 17.3 Å². The molecule has 4 nitrogen and oxygen atoms in total. The number of nitrogens with two attached hydrogens (primary N) is 1. The van der Waals surface area contributed by atoms with Crippen molar-refractivity contribution in [2.75, 3.05) is 11.1 Å². The third-order valence-electron chi connectivity index (χ3n) is 2.54. The summed E-state index contributed by atoms with van der Waals surface area (Å²) in [7, 11) is 0. The zero-order valence-electron chi connectivity index (χ0n) is 10.1. The van der Waals surface area contributed by atoms with Crippen molar-refractivity contribution in [1.82, 2.24) is 0 Å². The van der Waals surface area contributed by atoms with E-state index in [-0.39, 0.29) is 18.1 Å². The largest absolute Gasteiger partial charge is 0.508 e. The normalized spacial score (nSPS) is 10.2. The number of aromatic hydroxyl groups is 1. The van der Waals surface area contributed by atoms with E-state index in [1.807, 2.05) is 0 Å². The van der Waals surface area contributed by atoms with Crippen LogP contribution in [0.15, 0.2) is 42.5 Å². The molecule has 0 saturated heterocycles. The first-order valence-corrected chi connectivity index (χ1v) is 6.05. The van der Waals surface area contributed by atoms with Gasteiger partial charge in [0.1, 0.15) is 5.75 Å². The van der Waals surface area contributed by atoms with Crippen LogP contribution in [-0.2, 0) is 11.2 Å². The first-order valence-electron chi connectivity index (χ1n) is 5.67. The van der Waals surface area contributed by atoms with Crippen LogP contribution in [0, 0.1) is 0 Å². The van der Waals surface area contributed by atoms with Crippen molar-refractivity contribution >= 4 is 28.9 Å². The molecule has 1 amide bonds. The molecule has 0 atom stereocenters. The number of carbonyl (C=O) groups is 1. The van der Waals surface area contributed by atoms with E-state index in [0.29, 0.717) is 16.4 Å². The number of carbonyl (C=O) groups excluding carboxylic acids is 1. The number of phenolic OH excluding ortho intramolecular Hbond substituents is 1. The van der Waals surface area contributed by atoms with Gasteiger partial charge in [0.2, 0.25) is 5.91 Å². The van der Waals surface area contributed by atoms with Crippen LogP contribution in [0.4, 0.5) is 11.4 Å². The summed E-state index contributed by atoms with van der Waals surface area (Å²) in [6.45, 7) is 0. The van der Waals surface area contributed by atoms with E-state index in [9.17, 15) is 9.90 Å². The van der Waals surface area contributed by atoms with Crippen molar-refractivity contribution in [3.05, 3.63) is 53.1 Å². The van der Waals surface area contributed by atoms with Crippen LogP contribution in [0.2, 0.25) is 5.02 Å². The molecule has 2 aromatic rings. The quantitative estimate of drug-likeness (QED) is 0.755. The molecule has 0 bridgehead atoms. The summed E-state index contributed by atoms with van der Waals surface area (Å²) < 4.78 is 0. The number of halogens is 1. The standard InChI is InChI=1S/C14H13ClN2O2/c15-12-5-4-10(16)8-13(12)17-14(19)7-9-2-1-3-11(18)6-9/h1-6,8,18H,7,16H2,(H,17,19). The van der Waals surface area contributed by atoms with Gasteiger partial charge in [-0.25, -0.2) is 0 Å². The Balaban J connectivity index is 2.07. The summed E-state index contributed by atoms with van der Waals surface area (Å²) >= 11 is 5.96. The molecule has 0 unspecified atom stereocenters. The summed E-state index contributed by atoms with van der Waals surface area (Å²) in [4.78, 5) is 11.9. The predicted molar refractivity (Wildman–Crippen MR) is 76.3 cm³/mol. The Hall–Kier alpha value is -2.20. The third kappa shape index (κ3) is 3.63. The van der Waals surface area contributed by atoms with Gasteiger partial charge in [0.05, 0.1) is 17.1 Å². The van der Waals surface area contributed by atoms with Crippen LogP contribution in [0.25, 0.3) is 0 Å². The maximum Gasteiger partial charge on any atom is 0.228 e. The van der Waals surface area contributed by atoms with Crippen LogP contribution in [0.1, 0.15) is 5.56 Å². The Kier molecular flexibility index (Phi) is 3.92. The Morgan fingerprint density at radius 2 is 2.05 bits per heavy atom. The van der Waals surface area contributed by atoms with Gasteiger partial charge >= 0.3 is 0 Å². The molecule has 0 fully saturated rings. The molecule has 0 aliphatic carbocycles. The molecule has 0 aliphatic heterocycles. The van der Waals surface area contributed by atoms with Gasteiger partial charge in [-0.3, -0.25) is 4.79 Å². The molecule has 2 rings (SSSR count). The molecular formula is C14H13ClN2O2. The average Bonchev–Trinajstić information content (AvgIpc) is 2.34. The minimum Gasteiger partial charge on any atom is -0.508 e. The molecule has 4 N–H and O–H groups in total. The highest BCUT2D eigenvalue weighted by atomic mass is 35.5. The maximum atomic E-state index is 11.9. The molecule has 0 radical (unpaired) electrons. The second-order valence-corrected chi connectivity index (χ2v) is 4.54. The van der Waals surface area contributed by atoms with Crippen LogP contribution in [0.3, 0.4) is 0 Å². The topological polar surface area (TPSA) is 75.3 Å². The number of hydrogen-bond donors (Lipinski definition) is 3. The van der Waals surface area contributed by atoms with Gasteiger partial charge < -0.3 is 16.2 Å². The highest BCUT2D eigenvalue weighted by molar-refractivity contribution is 6.33. The number of anilines is 2. The minimum atomic E-state index is -0.224. The molecule has 0 heterocycles. The van der Waals surface area contributed by atoms with E-state index < -0.39 is 0 Å². The maximum absolute atomic E-state index is 11.9. The van der Waals surface area contributed by atoms with Crippen molar-refractivity contribution in [3.8, 4) is 5.75 Å². The fourth-order valence-corrected chi connectivity index (χ4v) is 1.85. The highest BCUT2D eigenvalue weighted by Gasteiger charge is 2.07. The second-order valence-electron chi connectivity index (χ2n) is 4.13. The van der Waals surface area contributed by atoms with Gasteiger partial charge in [0, 0.05) is 5.69 Å². The summed E-state index contributed by atoms with van der Waals surface area (Å²) in [5.41, 5.74) is 7.36. The number of phenols is 1. The van der Waals surface area contributed by atoms with Crippen LogP contribution >= 0.6 is 11.6 Å². The van der Waals surface area contributed by atoms with Gasteiger partial charge in [-0.15, -0.1) is 0 Å². The van der Waals surface area contributed by atoms with Crippen LogP contribution in [0.5, 0.6) is 5.75 Å². The number of amides is 1. The Labute approximate surface area is 115 Å². The molecule has 0 spiro atoms. The molecule has 0 aromatic heterocycles. The van der Waals surface area contributed by atoms with E-state index in [1.54, 1.807) is 42.5 Å². The summed E-state index contributed by atoms with van der Waals surface area (Å²) in [5, 5.41) is 12.4. The monoisotopic (exact) mass is 276 g/mol. The lowest BCUT2D eigenvalue weighted by atomic mass is 10.1. The predicted octanol–water partition coefficient (Wildman–Crippen LogP) is 2.81. The summed E-state index contributed by atoms with van der Waals surface area (Å²) in [5.74, 6) is -0.0922. The Morgan fingerprint density at radius 3 is 2.79 bits per heavy atom. The van der Waals surface area contributed by atoms with Crippen LogP contribution < -0.4 is 11.1 Å². The smallest absolute Gasteiger partial charge is 0.228 e. The fraction of sp³-hybridized carbons (Fsp3) is 0.0714. The molecule has 19 heavy (non-hydrogen) atoms. The van der Waals surface area contributed by atoms with Crippen LogP contribution in [-0.4, -0.2) is 11.0 Å². The Morgan fingerprint density at radius 1 is 1.26 bits per heavy atom. The van der Waals surface area contributed by atoms with Gasteiger partial charge in [-0.2, -0.15) is 0 Å². The van der Waals surface area contributed by atoms with E-state index in [1.165, 1.54) is 0 Å². The lowest BCUT2D eigenvalue weighted by Crippen LogP contribution is -2.14. The lowest BCUT2D eigenvalue weighted by molar-refractivity contribution is -0.115. The molecule has 98 valence electrons. The first-order chi connectivity index (χ1) is 9.04.